The van der Waals surface area contributed by atoms with E-state index in [1.807, 2.05) is 6.92 Å². The SMILES string of the molecule is C[C@@H]1CNCCN1C(=O)c1ccc(OC(F)(F)F)cc1.Cl. The van der Waals surface area contributed by atoms with Crippen molar-refractivity contribution < 1.29 is 22.7 Å². The summed E-state index contributed by atoms with van der Waals surface area (Å²) >= 11 is 0. The first kappa shape index (κ1) is 17.6. The van der Waals surface area contributed by atoms with Crippen LogP contribution in [0.3, 0.4) is 0 Å². The number of carbonyl (C=O) groups excluding carboxylic acids is 1. The molecule has 21 heavy (non-hydrogen) atoms. The second-order valence-corrected chi connectivity index (χ2v) is 4.62. The Hall–Kier alpha value is -1.47. The first-order chi connectivity index (χ1) is 9.37. The summed E-state index contributed by atoms with van der Waals surface area (Å²) in [7, 11) is 0. The van der Waals surface area contributed by atoms with E-state index in [1.54, 1.807) is 4.90 Å². The normalized spacial score (nSPS) is 18.9. The van der Waals surface area contributed by atoms with Gasteiger partial charge in [0.2, 0.25) is 0 Å². The quantitative estimate of drug-likeness (QED) is 0.908. The Morgan fingerprint density at radius 3 is 2.48 bits per heavy atom. The molecule has 0 unspecified atom stereocenters. The minimum atomic E-state index is -4.72. The van der Waals surface area contributed by atoms with E-state index in [1.165, 1.54) is 12.1 Å². The Balaban J connectivity index is 0.00000220. The van der Waals surface area contributed by atoms with Gasteiger partial charge in [0, 0.05) is 31.2 Å². The van der Waals surface area contributed by atoms with Gasteiger partial charge in [-0.05, 0) is 31.2 Å². The maximum absolute atomic E-state index is 12.2. The van der Waals surface area contributed by atoms with Crippen LogP contribution in [0.4, 0.5) is 13.2 Å². The van der Waals surface area contributed by atoms with Crippen LogP contribution in [-0.4, -0.2) is 42.8 Å². The molecule has 1 fully saturated rings. The zero-order valence-corrected chi connectivity index (χ0v) is 12.1. The van der Waals surface area contributed by atoms with Gasteiger partial charge in [0.1, 0.15) is 5.75 Å². The summed E-state index contributed by atoms with van der Waals surface area (Å²) in [6, 6.07) is 5.04. The van der Waals surface area contributed by atoms with E-state index >= 15 is 0 Å². The summed E-state index contributed by atoms with van der Waals surface area (Å²) in [5.41, 5.74) is 0.355. The number of piperazine rings is 1. The van der Waals surface area contributed by atoms with Gasteiger partial charge in [-0.1, -0.05) is 0 Å². The highest BCUT2D eigenvalue weighted by Crippen LogP contribution is 2.23. The average Bonchev–Trinajstić information content (AvgIpc) is 2.37. The summed E-state index contributed by atoms with van der Waals surface area (Å²) < 4.78 is 39.9. The first-order valence-electron chi connectivity index (χ1n) is 6.24. The van der Waals surface area contributed by atoms with Crippen LogP contribution in [0.2, 0.25) is 0 Å². The van der Waals surface area contributed by atoms with Crippen LogP contribution in [-0.2, 0) is 0 Å². The van der Waals surface area contributed by atoms with E-state index in [0.29, 0.717) is 25.2 Å². The van der Waals surface area contributed by atoms with Crippen molar-refractivity contribution in [2.45, 2.75) is 19.3 Å². The van der Waals surface area contributed by atoms with Crippen molar-refractivity contribution in [3.05, 3.63) is 29.8 Å². The number of nitrogens with zero attached hydrogens (tertiary/aromatic N) is 1. The number of alkyl halides is 3. The molecule has 1 amide bonds. The minimum absolute atomic E-state index is 0. The monoisotopic (exact) mass is 324 g/mol. The van der Waals surface area contributed by atoms with Gasteiger partial charge in [-0.15, -0.1) is 25.6 Å². The molecule has 4 nitrogen and oxygen atoms in total. The molecule has 0 spiro atoms. The van der Waals surface area contributed by atoms with Gasteiger partial charge in [-0.25, -0.2) is 0 Å². The van der Waals surface area contributed by atoms with Gasteiger partial charge in [-0.3, -0.25) is 4.79 Å². The highest BCUT2D eigenvalue weighted by Gasteiger charge is 2.31. The fourth-order valence-electron chi connectivity index (χ4n) is 2.11. The van der Waals surface area contributed by atoms with Crippen LogP contribution in [0.25, 0.3) is 0 Å². The lowest BCUT2D eigenvalue weighted by Crippen LogP contribution is -2.52. The average molecular weight is 325 g/mol. The molecule has 0 aliphatic carbocycles. The standard InChI is InChI=1S/C13H15F3N2O2.ClH/c1-9-8-17-6-7-18(9)12(19)10-2-4-11(5-3-10)20-13(14,15)16;/h2-5,9,17H,6-8H2,1H3;1H/t9-;/m1./s1. The Morgan fingerprint density at radius 1 is 1.33 bits per heavy atom. The maximum atomic E-state index is 12.2. The van der Waals surface area contributed by atoms with E-state index in [0.717, 1.165) is 12.1 Å². The summed E-state index contributed by atoms with van der Waals surface area (Å²) in [5.74, 6) is -0.514. The van der Waals surface area contributed by atoms with Crippen molar-refractivity contribution in [1.82, 2.24) is 10.2 Å². The third-order valence-electron chi connectivity index (χ3n) is 3.10. The molecular weight excluding hydrogens is 309 g/mol. The van der Waals surface area contributed by atoms with Crippen LogP contribution in [0.5, 0.6) is 5.75 Å². The number of ether oxygens (including phenoxy) is 1. The molecule has 8 heteroatoms. The smallest absolute Gasteiger partial charge is 0.406 e. The fraction of sp³-hybridized carbons (Fsp3) is 0.462. The van der Waals surface area contributed by atoms with Crippen molar-refractivity contribution in [2.75, 3.05) is 19.6 Å². The topological polar surface area (TPSA) is 41.6 Å². The molecule has 118 valence electrons. The highest BCUT2D eigenvalue weighted by atomic mass is 35.5. The molecule has 1 atom stereocenters. The molecule has 0 bridgehead atoms. The molecule has 1 N–H and O–H groups in total. The second-order valence-electron chi connectivity index (χ2n) is 4.62. The Bertz CT molecular complexity index is 479. The van der Waals surface area contributed by atoms with E-state index in [2.05, 4.69) is 10.1 Å². The molecule has 2 rings (SSSR count). The maximum Gasteiger partial charge on any atom is 0.573 e. The summed E-state index contributed by atoms with van der Waals surface area (Å²) in [6.45, 7) is 3.93. The van der Waals surface area contributed by atoms with Gasteiger partial charge in [-0.2, -0.15) is 0 Å². The number of hydrogen-bond donors (Lipinski definition) is 1. The van der Waals surface area contributed by atoms with Crippen molar-refractivity contribution >= 4 is 18.3 Å². The third-order valence-corrected chi connectivity index (χ3v) is 3.10. The predicted molar refractivity (Wildman–Crippen MR) is 73.7 cm³/mol. The Kier molecular flexibility index (Phi) is 5.86. The molecule has 1 aromatic carbocycles. The van der Waals surface area contributed by atoms with Crippen molar-refractivity contribution in [1.29, 1.82) is 0 Å². The van der Waals surface area contributed by atoms with E-state index in [9.17, 15) is 18.0 Å². The number of carbonyl (C=O) groups is 1. The summed E-state index contributed by atoms with van der Waals surface area (Å²) in [4.78, 5) is 13.9. The summed E-state index contributed by atoms with van der Waals surface area (Å²) in [5, 5.41) is 3.17. The van der Waals surface area contributed by atoms with Crippen LogP contribution in [0.15, 0.2) is 24.3 Å². The Labute approximate surface area is 126 Å². The number of benzene rings is 1. The molecule has 1 saturated heterocycles. The Morgan fingerprint density at radius 2 is 1.95 bits per heavy atom. The van der Waals surface area contributed by atoms with Crippen molar-refractivity contribution in [3.63, 3.8) is 0 Å². The van der Waals surface area contributed by atoms with Gasteiger partial charge >= 0.3 is 6.36 Å². The number of halogens is 4. The minimum Gasteiger partial charge on any atom is -0.406 e. The molecular formula is C13H16ClF3N2O2. The number of hydrogen-bond acceptors (Lipinski definition) is 3. The largest absolute Gasteiger partial charge is 0.573 e. The van der Waals surface area contributed by atoms with Crippen LogP contribution >= 0.6 is 12.4 Å². The third kappa shape index (κ3) is 4.78. The highest BCUT2D eigenvalue weighted by molar-refractivity contribution is 5.94. The lowest BCUT2D eigenvalue weighted by atomic mass is 10.1. The van der Waals surface area contributed by atoms with Crippen molar-refractivity contribution in [3.8, 4) is 5.75 Å². The summed E-state index contributed by atoms with van der Waals surface area (Å²) in [6.07, 6.45) is -4.72. The van der Waals surface area contributed by atoms with Crippen LogP contribution in [0.1, 0.15) is 17.3 Å². The molecule has 1 aliphatic rings. The van der Waals surface area contributed by atoms with E-state index < -0.39 is 6.36 Å². The number of rotatable bonds is 2. The molecule has 1 aromatic rings. The van der Waals surface area contributed by atoms with Gasteiger partial charge in [0.15, 0.2) is 0 Å². The van der Waals surface area contributed by atoms with E-state index in [-0.39, 0.29) is 30.1 Å². The first-order valence-corrected chi connectivity index (χ1v) is 6.24. The van der Waals surface area contributed by atoms with Gasteiger partial charge in [0.05, 0.1) is 0 Å². The zero-order valence-electron chi connectivity index (χ0n) is 11.3. The second kappa shape index (κ2) is 7.00. The van der Waals surface area contributed by atoms with E-state index in [4.69, 9.17) is 0 Å². The predicted octanol–water partition coefficient (Wildman–Crippen LogP) is 2.44. The van der Waals surface area contributed by atoms with Crippen LogP contribution < -0.4 is 10.1 Å². The molecule has 1 aliphatic heterocycles. The number of amides is 1. The molecule has 0 radical (unpaired) electrons. The molecule has 0 saturated carbocycles. The molecule has 1 heterocycles. The molecule has 0 aromatic heterocycles. The lowest BCUT2D eigenvalue weighted by Gasteiger charge is -2.34. The lowest BCUT2D eigenvalue weighted by molar-refractivity contribution is -0.274. The number of nitrogens with one attached hydrogen (secondary N) is 1. The zero-order chi connectivity index (χ0) is 14.8. The fourth-order valence-corrected chi connectivity index (χ4v) is 2.11. The van der Waals surface area contributed by atoms with Crippen molar-refractivity contribution in [2.24, 2.45) is 0 Å². The van der Waals surface area contributed by atoms with Gasteiger partial charge < -0.3 is 15.0 Å². The van der Waals surface area contributed by atoms with Crippen LogP contribution in [0, 0.1) is 0 Å². The van der Waals surface area contributed by atoms with Gasteiger partial charge in [0.25, 0.3) is 5.91 Å².